The van der Waals surface area contributed by atoms with E-state index in [1.54, 1.807) is 48.7 Å². The Bertz CT molecular complexity index is 989. The minimum Gasteiger partial charge on any atom is -0.489 e. The van der Waals surface area contributed by atoms with Crippen LogP contribution in [-0.2, 0) is 6.61 Å². The van der Waals surface area contributed by atoms with Gasteiger partial charge < -0.3 is 4.74 Å². The fourth-order valence-electron chi connectivity index (χ4n) is 2.29. The standard InChI is InChI=1S/C20H16N4O4/c25-20(17-4-2-10-21-13-17)23-22-12-16-3-1-5-19(11-16)28-14-15-6-8-18(9-7-15)24(26)27/h1-13H,14H2,(H,23,25). The number of nitrogens with zero attached hydrogens (tertiary/aromatic N) is 3. The van der Waals surface area contributed by atoms with E-state index in [4.69, 9.17) is 4.74 Å². The maximum absolute atomic E-state index is 11.9. The summed E-state index contributed by atoms with van der Waals surface area (Å²) in [7, 11) is 0. The van der Waals surface area contributed by atoms with E-state index in [1.165, 1.54) is 24.5 Å². The molecule has 140 valence electrons. The molecule has 8 nitrogen and oxygen atoms in total. The second kappa shape index (κ2) is 9.04. The first-order chi connectivity index (χ1) is 13.6. The predicted molar refractivity (Wildman–Crippen MR) is 103 cm³/mol. The van der Waals surface area contributed by atoms with Crippen molar-refractivity contribution in [2.45, 2.75) is 6.61 Å². The Balaban J connectivity index is 1.56. The molecule has 0 aliphatic carbocycles. The number of nitro groups is 1. The molecule has 0 saturated heterocycles. The van der Waals surface area contributed by atoms with Crippen LogP contribution in [0, 0.1) is 10.1 Å². The zero-order valence-electron chi connectivity index (χ0n) is 14.7. The number of hydrazone groups is 1. The van der Waals surface area contributed by atoms with Crippen molar-refractivity contribution >= 4 is 17.8 Å². The SMILES string of the molecule is O=C(NN=Cc1cccc(OCc2ccc([N+](=O)[O-])cc2)c1)c1cccnc1. The van der Waals surface area contributed by atoms with Gasteiger partial charge >= 0.3 is 0 Å². The molecule has 1 amide bonds. The Morgan fingerprint density at radius 2 is 2.00 bits per heavy atom. The van der Waals surface area contributed by atoms with Gasteiger partial charge in [-0.1, -0.05) is 12.1 Å². The van der Waals surface area contributed by atoms with Gasteiger partial charge in [-0.15, -0.1) is 0 Å². The van der Waals surface area contributed by atoms with Crippen LogP contribution in [0.2, 0.25) is 0 Å². The first-order valence-electron chi connectivity index (χ1n) is 8.31. The van der Waals surface area contributed by atoms with Crippen LogP contribution in [0.3, 0.4) is 0 Å². The number of hydrogen-bond acceptors (Lipinski definition) is 6. The molecule has 0 spiro atoms. The van der Waals surface area contributed by atoms with Crippen LogP contribution < -0.4 is 10.2 Å². The summed E-state index contributed by atoms with van der Waals surface area (Å²) < 4.78 is 5.70. The number of carbonyl (C=O) groups is 1. The van der Waals surface area contributed by atoms with Crippen molar-refractivity contribution < 1.29 is 14.5 Å². The van der Waals surface area contributed by atoms with Gasteiger partial charge in [0.25, 0.3) is 11.6 Å². The van der Waals surface area contributed by atoms with Crippen LogP contribution in [0.1, 0.15) is 21.5 Å². The van der Waals surface area contributed by atoms with E-state index in [2.05, 4.69) is 15.5 Å². The third kappa shape index (κ3) is 5.21. The van der Waals surface area contributed by atoms with Gasteiger partial charge in [0.15, 0.2) is 0 Å². The second-order valence-corrected chi connectivity index (χ2v) is 5.73. The highest BCUT2D eigenvalue weighted by atomic mass is 16.6. The van der Waals surface area contributed by atoms with Gasteiger partial charge in [-0.05, 0) is 47.5 Å². The average molecular weight is 376 g/mol. The van der Waals surface area contributed by atoms with Crippen molar-refractivity contribution in [3.8, 4) is 5.75 Å². The molecule has 0 atom stereocenters. The molecule has 2 aromatic carbocycles. The van der Waals surface area contributed by atoms with E-state index in [9.17, 15) is 14.9 Å². The molecule has 1 heterocycles. The molecule has 0 radical (unpaired) electrons. The maximum Gasteiger partial charge on any atom is 0.272 e. The molecular weight excluding hydrogens is 360 g/mol. The van der Waals surface area contributed by atoms with Crippen LogP contribution in [0.25, 0.3) is 0 Å². The lowest BCUT2D eigenvalue weighted by molar-refractivity contribution is -0.384. The smallest absolute Gasteiger partial charge is 0.272 e. The van der Waals surface area contributed by atoms with Crippen molar-refractivity contribution in [3.63, 3.8) is 0 Å². The fraction of sp³-hybridized carbons (Fsp3) is 0.0500. The highest BCUT2D eigenvalue weighted by Gasteiger charge is 2.05. The number of aromatic nitrogens is 1. The summed E-state index contributed by atoms with van der Waals surface area (Å²) in [5.74, 6) is 0.260. The number of ether oxygens (including phenoxy) is 1. The van der Waals surface area contributed by atoms with Crippen LogP contribution in [0.5, 0.6) is 5.75 Å². The van der Waals surface area contributed by atoms with Crippen molar-refractivity contribution in [2.24, 2.45) is 5.10 Å². The maximum atomic E-state index is 11.9. The number of carbonyl (C=O) groups excluding carboxylic acids is 1. The second-order valence-electron chi connectivity index (χ2n) is 5.73. The Kier molecular flexibility index (Phi) is 6.04. The van der Waals surface area contributed by atoms with E-state index in [0.717, 1.165) is 11.1 Å². The molecular formula is C20H16N4O4. The van der Waals surface area contributed by atoms with Gasteiger partial charge in [0.05, 0.1) is 16.7 Å². The highest BCUT2D eigenvalue weighted by Crippen LogP contribution is 2.16. The van der Waals surface area contributed by atoms with Gasteiger partial charge in [0.1, 0.15) is 12.4 Å². The highest BCUT2D eigenvalue weighted by molar-refractivity contribution is 5.94. The van der Waals surface area contributed by atoms with Crippen molar-refractivity contribution in [1.29, 1.82) is 0 Å². The number of pyridine rings is 1. The number of nitrogens with one attached hydrogen (secondary N) is 1. The van der Waals surface area contributed by atoms with Crippen molar-refractivity contribution in [1.82, 2.24) is 10.4 Å². The number of amides is 1. The van der Waals surface area contributed by atoms with Gasteiger partial charge in [0, 0.05) is 24.5 Å². The molecule has 0 unspecified atom stereocenters. The largest absolute Gasteiger partial charge is 0.489 e. The van der Waals surface area contributed by atoms with Gasteiger partial charge in [-0.2, -0.15) is 5.10 Å². The molecule has 0 fully saturated rings. The Morgan fingerprint density at radius 3 is 2.71 bits per heavy atom. The first-order valence-corrected chi connectivity index (χ1v) is 8.31. The van der Waals surface area contributed by atoms with Crippen molar-refractivity contribution in [2.75, 3.05) is 0 Å². The van der Waals surface area contributed by atoms with E-state index in [1.807, 2.05) is 6.07 Å². The van der Waals surface area contributed by atoms with E-state index in [-0.39, 0.29) is 18.2 Å². The number of benzene rings is 2. The summed E-state index contributed by atoms with van der Waals surface area (Å²) in [5.41, 5.74) is 4.44. The number of hydrogen-bond donors (Lipinski definition) is 1. The minimum atomic E-state index is -0.444. The third-order valence-corrected chi connectivity index (χ3v) is 3.71. The Hall–Kier alpha value is -4.07. The molecule has 0 saturated carbocycles. The van der Waals surface area contributed by atoms with Gasteiger partial charge in [-0.3, -0.25) is 19.9 Å². The summed E-state index contributed by atoms with van der Waals surface area (Å²) in [5, 5.41) is 14.6. The van der Waals surface area contributed by atoms with Crippen LogP contribution in [0.4, 0.5) is 5.69 Å². The topological polar surface area (TPSA) is 107 Å². The molecule has 28 heavy (non-hydrogen) atoms. The monoisotopic (exact) mass is 376 g/mol. The number of nitro benzene ring substituents is 1. The quantitative estimate of drug-likeness (QED) is 0.387. The van der Waals surface area contributed by atoms with Crippen LogP contribution in [0.15, 0.2) is 78.2 Å². The lowest BCUT2D eigenvalue weighted by Gasteiger charge is -2.07. The zero-order chi connectivity index (χ0) is 19.8. The fourth-order valence-corrected chi connectivity index (χ4v) is 2.29. The molecule has 0 bridgehead atoms. The number of rotatable bonds is 7. The van der Waals surface area contributed by atoms with Crippen LogP contribution >= 0.6 is 0 Å². The average Bonchev–Trinajstić information content (AvgIpc) is 2.73. The molecule has 1 aromatic heterocycles. The summed E-state index contributed by atoms with van der Waals surface area (Å²) in [6.45, 7) is 0.274. The Labute approximate surface area is 160 Å². The molecule has 3 rings (SSSR count). The van der Waals surface area contributed by atoms with Gasteiger partial charge in [0.2, 0.25) is 0 Å². The molecule has 1 N–H and O–H groups in total. The first kappa shape index (κ1) is 18.7. The van der Waals surface area contributed by atoms with Crippen molar-refractivity contribution in [3.05, 3.63) is 99.9 Å². The molecule has 3 aromatic rings. The Morgan fingerprint density at radius 1 is 1.18 bits per heavy atom. The minimum absolute atomic E-state index is 0.0373. The lowest BCUT2D eigenvalue weighted by atomic mass is 10.2. The number of non-ortho nitro benzene ring substituents is 1. The third-order valence-electron chi connectivity index (χ3n) is 3.71. The van der Waals surface area contributed by atoms with Crippen LogP contribution in [-0.4, -0.2) is 22.0 Å². The molecule has 0 aliphatic rings. The molecule has 8 heteroatoms. The summed E-state index contributed by atoms with van der Waals surface area (Å²) in [6, 6.07) is 16.7. The predicted octanol–water partition coefficient (Wildman–Crippen LogP) is 3.33. The molecule has 0 aliphatic heterocycles. The van der Waals surface area contributed by atoms with Gasteiger partial charge in [-0.25, -0.2) is 5.43 Å². The van der Waals surface area contributed by atoms with E-state index >= 15 is 0 Å². The summed E-state index contributed by atoms with van der Waals surface area (Å²) >= 11 is 0. The normalized spacial score (nSPS) is 10.6. The summed E-state index contributed by atoms with van der Waals surface area (Å²) in [6.07, 6.45) is 4.55. The zero-order valence-corrected chi connectivity index (χ0v) is 14.7. The van der Waals surface area contributed by atoms with E-state index < -0.39 is 4.92 Å². The van der Waals surface area contributed by atoms with E-state index in [0.29, 0.717) is 11.3 Å². The lowest BCUT2D eigenvalue weighted by Crippen LogP contribution is -2.17. The summed E-state index contributed by atoms with van der Waals surface area (Å²) in [4.78, 5) is 26.0.